The highest BCUT2D eigenvalue weighted by Crippen LogP contribution is 2.31. The second-order valence-electron chi connectivity index (χ2n) is 5.31. The number of fused-ring (bicyclic) bond motifs is 1. The lowest BCUT2D eigenvalue weighted by molar-refractivity contribution is 0.297. The summed E-state index contributed by atoms with van der Waals surface area (Å²) in [5, 5.41) is 3.37. The molecule has 2 unspecified atom stereocenters. The molecule has 21 heavy (non-hydrogen) atoms. The largest absolute Gasteiger partial charge is 0.490 e. The van der Waals surface area contributed by atoms with E-state index in [9.17, 15) is 4.21 Å². The van der Waals surface area contributed by atoms with Crippen molar-refractivity contribution in [2.75, 3.05) is 25.5 Å². The molecule has 2 rings (SSSR count). The normalized spacial score (nSPS) is 17.0. The zero-order valence-electron chi connectivity index (χ0n) is 12.9. The van der Waals surface area contributed by atoms with Crippen LogP contribution in [0.15, 0.2) is 23.1 Å². The Morgan fingerprint density at radius 1 is 1.29 bits per heavy atom. The van der Waals surface area contributed by atoms with Gasteiger partial charge in [-0.05, 0) is 38.4 Å². The van der Waals surface area contributed by atoms with Gasteiger partial charge in [-0.25, -0.2) is 0 Å². The van der Waals surface area contributed by atoms with E-state index in [1.54, 1.807) is 0 Å². The molecule has 0 bridgehead atoms. The highest BCUT2D eigenvalue weighted by atomic mass is 32.2. The van der Waals surface area contributed by atoms with Crippen LogP contribution in [0.5, 0.6) is 11.5 Å². The molecule has 0 aliphatic carbocycles. The first-order chi connectivity index (χ1) is 10.2. The van der Waals surface area contributed by atoms with Crippen molar-refractivity contribution in [1.82, 2.24) is 5.32 Å². The van der Waals surface area contributed by atoms with E-state index < -0.39 is 10.8 Å². The van der Waals surface area contributed by atoms with Crippen LogP contribution in [0.3, 0.4) is 0 Å². The molecule has 1 aromatic rings. The van der Waals surface area contributed by atoms with Crippen molar-refractivity contribution in [2.45, 2.75) is 44.0 Å². The van der Waals surface area contributed by atoms with Gasteiger partial charge in [-0.1, -0.05) is 6.92 Å². The van der Waals surface area contributed by atoms with Crippen molar-refractivity contribution in [1.29, 1.82) is 0 Å². The molecule has 1 N–H and O–H groups in total. The third kappa shape index (κ3) is 5.00. The van der Waals surface area contributed by atoms with Crippen LogP contribution in [0.4, 0.5) is 0 Å². The third-order valence-corrected chi connectivity index (χ3v) is 4.94. The van der Waals surface area contributed by atoms with Crippen LogP contribution < -0.4 is 14.8 Å². The second kappa shape index (κ2) is 8.39. The average molecular weight is 311 g/mol. The number of hydrogen-bond acceptors (Lipinski definition) is 4. The van der Waals surface area contributed by atoms with Crippen molar-refractivity contribution in [2.24, 2.45) is 0 Å². The molecular formula is C16H25NO3S. The minimum Gasteiger partial charge on any atom is -0.490 e. The van der Waals surface area contributed by atoms with Gasteiger partial charge in [0.25, 0.3) is 0 Å². The van der Waals surface area contributed by atoms with Crippen molar-refractivity contribution in [3.63, 3.8) is 0 Å². The summed E-state index contributed by atoms with van der Waals surface area (Å²) in [6.07, 6.45) is 2.88. The summed E-state index contributed by atoms with van der Waals surface area (Å²) < 4.78 is 23.6. The van der Waals surface area contributed by atoms with Crippen LogP contribution in [0.2, 0.25) is 0 Å². The summed E-state index contributed by atoms with van der Waals surface area (Å²) >= 11 is 0. The highest BCUT2D eigenvalue weighted by Gasteiger charge is 2.13. The Bertz CT molecular complexity index is 479. The van der Waals surface area contributed by atoms with E-state index in [0.29, 0.717) is 25.0 Å². The molecule has 0 saturated heterocycles. The minimum absolute atomic E-state index is 0.482. The minimum atomic E-state index is -0.971. The lowest BCUT2D eigenvalue weighted by Crippen LogP contribution is -2.25. The van der Waals surface area contributed by atoms with Gasteiger partial charge in [0.15, 0.2) is 11.5 Å². The van der Waals surface area contributed by atoms with E-state index in [4.69, 9.17) is 9.47 Å². The molecule has 0 aromatic heterocycles. The zero-order chi connectivity index (χ0) is 15.1. The van der Waals surface area contributed by atoms with Crippen molar-refractivity contribution < 1.29 is 13.7 Å². The van der Waals surface area contributed by atoms with Crippen molar-refractivity contribution in [3.05, 3.63) is 18.2 Å². The molecule has 4 nitrogen and oxygen atoms in total. The zero-order valence-corrected chi connectivity index (χ0v) is 13.7. The van der Waals surface area contributed by atoms with Crippen LogP contribution in [0.25, 0.3) is 0 Å². The summed E-state index contributed by atoms with van der Waals surface area (Å²) in [7, 11) is -0.971. The molecule has 118 valence electrons. The first-order valence-electron chi connectivity index (χ1n) is 7.72. The van der Waals surface area contributed by atoms with Gasteiger partial charge < -0.3 is 14.8 Å². The first-order valence-corrected chi connectivity index (χ1v) is 9.04. The summed E-state index contributed by atoms with van der Waals surface area (Å²) in [4.78, 5) is 0.829. The van der Waals surface area contributed by atoms with E-state index in [1.807, 2.05) is 18.2 Å². The molecule has 0 radical (unpaired) electrons. The van der Waals surface area contributed by atoms with Gasteiger partial charge in [0.05, 0.1) is 24.0 Å². The Labute approximate surface area is 129 Å². The molecule has 1 aliphatic heterocycles. The van der Waals surface area contributed by atoms with Gasteiger partial charge in [-0.3, -0.25) is 4.21 Å². The summed E-state index contributed by atoms with van der Waals surface area (Å²) in [6.45, 7) is 6.58. The monoisotopic (exact) mass is 311 g/mol. The number of rotatable bonds is 7. The van der Waals surface area contributed by atoms with Crippen molar-refractivity contribution >= 4 is 10.8 Å². The summed E-state index contributed by atoms with van der Waals surface area (Å²) in [5.74, 6) is 2.17. The summed E-state index contributed by atoms with van der Waals surface area (Å²) in [6, 6.07) is 6.10. The third-order valence-electron chi connectivity index (χ3n) is 3.50. The average Bonchev–Trinajstić information content (AvgIpc) is 2.71. The van der Waals surface area contributed by atoms with Crippen LogP contribution in [0, 0.1) is 0 Å². The lowest BCUT2D eigenvalue weighted by Gasteiger charge is -2.12. The standard InChI is InChI=1S/C16H25NO3S/c1-3-17-13(2)6-4-11-21(18)14-7-8-15-16(12-14)20-10-5-9-19-15/h7-8,12-13,17H,3-6,9-11H2,1-2H3. The maximum absolute atomic E-state index is 12.4. The fourth-order valence-corrected chi connectivity index (χ4v) is 3.50. The van der Waals surface area contributed by atoms with Crippen molar-refractivity contribution in [3.8, 4) is 11.5 Å². The van der Waals surface area contributed by atoms with Gasteiger partial charge >= 0.3 is 0 Å². The molecule has 5 heteroatoms. The van der Waals surface area contributed by atoms with E-state index in [-0.39, 0.29) is 0 Å². The SMILES string of the molecule is CCNC(C)CCCS(=O)c1ccc2c(c1)OCCCO2. The highest BCUT2D eigenvalue weighted by molar-refractivity contribution is 7.85. The van der Waals surface area contributed by atoms with Gasteiger partial charge in [0.1, 0.15) is 0 Å². The maximum atomic E-state index is 12.4. The molecule has 0 fully saturated rings. The molecular weight excluding hydrogens is 286 g/mol. The Balaban J connectivity index is 1.89. The van der Waals surface area contributed by atoms with Gasteiger partial charge in [-0.2, -0.15) is 0 Å². The van der Waals surface area contributed by atoms with Gasteiger partial charge in [-0.15, -0.1) is 0 Å². The topological polar surface area (TPSA) is 47.6 Å². The van der Waals surface area contributed by atoms with E-state index in [1.165, 1.54) is 0 Å². The van der Waals surface area contributed by atoms with Gasteiger partial charge in [0, 0.05) is 29.2 Å². The van der Waals surface area contributed by atoms with Crippen LogP contribution >= 0.6 is 0 Å². The smallest absolute Gasteiger partial charge is 0.162 e. The first kappa shape index (κ1) is 16.3. The van der Waals surface area contributed by atoms with E-state index in [0.717, 1.165) is 42.2 Å². The van der Waals surface area contributed by atoms with Crippen LogP contribution in [0.1, 0.15) is 33.1 Å². The number of nitrogens with one attached hydrogen (secondary N) is 1. The predicted molar refractivity (Wildman–Crippen MR) is 85.7 cm³/mol. The van der Waals surface area contributed by atoms with Crippen LogP contribution in [-0.2, 0) is 10.8 Å². The van der Waals surface area contributed by atoms with Crippen LogP contribution in [-0.4, -0.2) is 35.8 Å². The molecule has 1 aromatic carbocycles. The molecule has 0 amide bonds. The fraction of sp³-hybridized carbons (Fsp3) is 0.625. The number of benzene rings is 1. The molecule has 1 heterocycles. The molecule has 2 atom stereocenters. The Hall–Kier alpha value is -1.07. The molecule has 1 aliphatic rings. The molecule has 0 spiro atoms. The Kier molecular flexibility index (Phi) is 6.51. The quantitative estimate of drug-likeness (QED) is 0.841. The van der Waals surface area contributed by atoms with E-state index in [2.05, 4.69) is 19.2 Å². The number of hydrogen-bond donors (Lipinski definition) is 1. The fourth-order valence-electron chi connectivity index (χ4n) is 2.37. The predicted octanol–water partition coefficient (Wildman–Crippen LogP) is 2.73. The number of ether oxygens (including phenoxy) is 2. The summed E-state index contributed by atoms with van der Waals surface area (Å²) in [5.41, 5.74) is 0. The Morgan fingerprint density at radius 3 is 2.81 bits per heavy atom. The lowest BCUT2D eigenvalue weighted by atomic mass is 10.2. The maximum Gasteiger partial charge on any atom is 0.162 e. The second-order valence-corrected chi connectivity index (χ2v) is 6.88. The van der Waals surface area contributed by atoms with E-state index >= 15 is 0 Å². The van der Waals surface area contributed by atoms with Gasteiger partial charge in [0.2, 0.25) is 0 Å². The molecule has 0 saturated carbocycles. The Morgan fingerprint density at radius 2 is 2.05 bits per heavy atom.